The Kier molecular flexibility index (Phi) is 7.89. The van der Waals surface area contributed by atoms with Crippen LogP contribution in [-0.2, 0) is 20.5 Å². The van der Waals surface area contributed by atoms with Gasteiger partial charge in [-0.15, -0.1) is 0 Å². The smallest absolute Gasteiger partial charge is 0.213 e. The minimum absolute atomic E-state index is 0.111. The van der Waals surface area contributed by atoms with Crippen molar-refractivity contribution in [2.75, 3.05) is 13.2 Å². The predicted octanol–water partition coefficient (Wildman–Crippen LogP) is 7.35. The van der Waals surface area contributed by atoms with Crippen LogP contribution in [0.25, 0.3) is 0 Å². The first kappa shape index (κ1) is 24.6. The molecule has 0 aromatic heterocycles. The molecule has 4 heteroatoms. The highest BCUT2D eigenvalue weighted by Crippen LogP contribution is 2.34. The fourth-order valence-corrected chi connectivity index (χ4v) is 3.92. The topological polar surface area (TPSA) is 36.9 Å². The van der Waals surface area contributed by atoms with E-state index in [1.807, 2.05) is 24.3 Å². The predicted molar refractivity (Wildman–Crippen MR) is 129 cm³/mol. The van der Waals surface area contributed by atoms with Crippen molar-refractivity contribution >= 4 is 0 Å². The van der Waals surface area contributed by atoms with Crippen LogP contribution in [-0.4, -0.2) is 19.0 Å². The molecule has 1 aliphatic carbocycles. The van der Waals surface area contributed by atoms with E-state index in [2.05, 4.69) is 65.8 Å². The number of benzene rings is 2. The van der Waals surface area contributed by atoms with E-state index in [1.54, 1.807) is 0 Å². The van der Waals surface area contributed by atoms with E-state index in [-0.39, 0.29) is 10.8 Å². The molecule has 0 saturated heterocycles. The SMILES string of the molecule is CC(C)(C)c1ccc(OCCOC2(OOc3ccc(C(C)(C)C)cc3)CCCCC2)cc1. The van der Waals surface area contributed by atoms with Gasteiger partial charge in [0.25, 0.3) is 0 Å². The molecule has 0 heterocycles. The van der Waals surface area contributed by atoms with Crippen molar-refractivity contribution < 1.29 is 19.2 Å². The number of hydrogen-bond donors (Lipinski definition) is 0. The summed E-state index contributed by atoms with van der Waals surface area (Å²) < 4.78 is 12.1. The van der Waals surface area contributed by atoms with Crippen LogP contribution in [0, 0.1) is 0 Å². The second kappa shape index (κ2) is 10.3. The molecule has 0 amide bonds. The van der Waals surface area contributed by atoms with Gasteiger partial charge in [-0.2, -0.15) is 4.89 Å². The van der Waals surface area contributed by atoms with Gasteiger partial charge in [-0.05, 0) is 59.1 Å². The lowest BCUT2D eigenvalue weighted by atomic mass is 9.87. The van der Waals surface area contributed by atoms with E-state index >= 15 is 0 Å². The molecule has 32 heavy (non-hydrogen) atoms. The summed E-state index contributed by atoms with van der Waals surface area (Å²) in [5.41, 5.74) is 2.81. The monoisotopic (exact) mass is 440 g/mol. The van der Waals surface area contributed by atoms with Crippen molar-refractivity contribution in [2.24, 2.45) is 0 Å². The zero-order chi connectivity index (χ0) is 23.2. The summed E-state index contributed by atoms with van der Waals surface area (Å²) in [5.74, 6) is 0.845. The van der Waals surface area contributed by atoms with Gasteiger partial charge < -0.3 is 14.4 Å². The van der Waals surface area contributed by atoms with Crippen molar-refractivity contribution in [1.82, 2.24) is 0 Å². The molecular weight excluding hydrogens is 400 g/mol. The van der Waals surface area contributed by atoms with Crippen molar-refractivity contribution in [1.29, 1.82) is 0 Å². The zero-order valence-electron chi connectivity index (χ0n) is 20.7. The molecule has 4 nitrogen and oxygen atoms in total. The third kappa shape index (κ3) is 6.98. The molecule has 2 aromatic rings. The van der Waals surface area contributed by atoms with Gasteiger partial charge in [0.05, 0.1) is 6.61 Å². The second-order valence-corrected chi connectivity index (χ2v) is 10.9. The summed E-state index contributed by atoms with van der Waals surface area (Å²) in [5, 5.41) is 0. The molecule has 1 saturated carbocycles. The van der Waals surface area contributed by atoms with E-state index < -0.39 is 5.79 Å². The van der Waals surface area contributed by atoms with E-state index in [1.165, 1.54) is 17.5 Å². The molecule has 0 aliphatic heterocycles. The van der Waals surface area contributed by atoms with E-state index in [4.69, 9.17) is 19.2 Å². The average Bonchev–Trinajstić information content (AvgIpc) is 2.76. The molecule has 176 valence electrons. The normalized spacial score (nSPS) is 16.6. The van der Waals surface area contributed by atoms with Crippen LogP contribution in [0.5, 0.6) is 11.5 Å². The van der Waals surface area contributed by atoms with Gasteiger partial charge in [0, 0.05) is 12.8 Å². The Labute approximate surface area is 194 Å². The highest BCUT2D eigenvalue weighted by molar-refractivity contribution is 5.31. The van der Waals surface area contributed by atoms with Crippen molar-refractivity contribution in [3.8, 4) is 11.5 Å². The Hall–Kier alpha value is -2.04. The van der Waals surface area contributed by atoms with Crippen molar-refractivity contribution in [3.63, 3.8) is 0 Å². The second-order valence-electron chi connectivity index (χ2n) is 10.9. The first-order valence-electron chi connectivity index (χ1n) is 11.9. The minimum Gasteiger partial charge on any atom is -0.491 e. The maximum Gasteiger partial charge on any atom is 0.213 e. The summed E-state index contributed by atoms with van der Waals surface area (Å²) >= 11 is 0. The highest BCUT2D eigenvalue weighted by atomic mass is 17.2. The summed E-state index contributed by atoms with van der Waals surface area (Å²) in [6.07, 6.45) is 5.00. The minimum atomic E-state index is -0.708. The van der Waals surface area contributed by atoms with E-state index in [0.717, 1.165) is 31.4 Å². The third-order valence-corrected chi connectivity index (χ3v) is 6.06. The fraction of sp³-hybridized carbons (Fsp3) is 0.571. The molecule has 2 aromatic carbocycles. The van der Waals surface area contributed by atoms with Gasteiger partial charge in [0.2, 0.25) is 5.79 Å². The lowest BCUT2D eigenvalue weighted by Gasteiger charge is -2.35. The average molecular weight is 441 g/mol. The largest absolute Gasteiger partial charge is 0.491 e. The Morgan fingerprint density at radius 1 is 0.656 bits per heavy atom. The first-order valence-corrected chi connectivity index (χ1v) is 11.9. The van der Waals surface area contributed by atoms with Crippen LogP contribution in [0.15, 0.2) is 48.5 Å². The standard InChI is InChI=1S/C28H40O4/c1-26(2,3)22-10-14-24(15-11-22)29-20-21-30-28(18-8-7-9-19-28)32-31-25-16-12-23(13-17-25)27(4,5)6/h10-17H,7-9,18-21H2,1-6H3. The van der Waals surface area contributed by atoms with Gasteiger partial charge >= 0.3 is 0 Å². The van der Waals surface area contributed by atoms with Gasteiger partial charge in [-0.1, -0.05) is 72.2 Å². The summed E-state index contributed by atoms with van der Waals surface area (Å²) in [7, 11) is 0. The molecule has 1 aliphatic rings. The van der Waals surface area contributed by atoms with Crippen LogP contribution in [0.1, 0.15) is 84.8 Å². The number of ether oxygens (including phenoxy) is 2. The molecular formula is C28H40O4. The van der Waals surface area contributed by atoms with Gasteiger partial charge in [-0.25, -0.2) is 0 Å². The van der Waals surface area contributed by atoms with Crippen molar-refractivity contribution in [3.05, 3.63) is 59.7 Å². The first-order chi connectivity index (χ1) is 15.1. The molecule has 0 radical (unpaired) electrons. The molecule has 0 atom stereocenters. The number of hydrogen-bond acceptors (Lipinski definition) is 4. The fourth-order valence-electron chi connectivity index (χ4n) is 3.92. The maximum absolute atomic E-state index is 6.20. The highest BCUT2D eigenvalue weighted by Gasteiger charge is 2.36. The molecule has 0 bridgehead atoms. The van der Waals surface area contributed by atoms with Crippen LogP contribution in [0.2, 0.25) is 0 Å². The van der Waals surface area contributed by atoms with Gasteiger partial charge in [0.1, 0.15) is 12.4 Å². The zero-order valence-corrected chi connectivity index (χ0v) is 20.7. The molecule has 1 fully saturated rings. The van der Waals surface area contributed by atoms with Gasteiger partial charge in [-0.3, -0.25) is 0 Å². The summed E-state index contributed by atoms with van der Waals surface area (Å²) in [6, 6.07) is 16.4. The Morgan fingerprint density at radius 3 is 1.66 bits per heavy atom. The maximum atomic E-state index is 6.20. The van der Waals surface area contributed by atoms with E-state index in [9.17, 15) is 0 Å². The molecule has 0 spiro atoms. The van der Waals surface area contributed by atoms with Crippen LogP contribution < -0.4 is 9.62 Å². The Balaban J connectivity index is 1.51. The van der Waals surface area contributed by atoms with Gasteiger partial charge in [0.15, 0.2) is 5.75 Å². The van der Waals surface area contributed by atoms with E-state index in [0.29, 0.717) is 19.0 Å². The van der Waals surface area contributed by atoms with Crippen LogP contribution in [0.3, 0.4) is 0 Å². The Bertz CT molecular complexity index is 820. The summed E-state index contributed by atoms with van der Waals surface area (Å²) in [6.45, 7) is 14.2. The third-order valence-electron chi connectivity index (χ3n) is 6.06. The van der Waals surface area contributed by atoms with Crippen molar-refractivity contribution in [2.45, 2.75) is 90.3 Å². The lowest BCUT2D eigenvalue weighted by molar-refractivity contribution is -0.389. The quantitative estimate of drug-likeness (QED) is 0.186. The van der Waals surface area contributed by atoms with Crippen LogP contribution >= 0.6 is 0 Å². The Morgan fingerprint density at radius 2 is 1.16 bits per heavy atom. The van der Waals surface area contributed by atoms with Crippen LogP contribution in [0.4, 0.5) is 0 Å². The molecule has 3 rings (SSSR count). The molecule has 0 N–H and O–H groups in total. The summed E-state index contributed by atoms with van der Waals surface area (Å²) in [4.78, 5) is 11.6. The molecule has 0 unspecified atom stereocenters. The number of rotatable bonds is 8. The lowest BCUT2D eigenvalue weighted by Crippen LogP contribution is -2.40.